The number of carbonyl (C=O) groups excluding carboxylic acids is 1. The number of hydrogen-bond acceptors (Lipinski definition) is 4. The fourth-order valence-corrected chi connectivity index (χ4v) is 3.11. The molecule has 1 aliphatic rings. The number of aryl methyl sites for hydroxylation is 1. The molecule has 0 radical (unpaired) electrons. The third kappa shape index (κ3) is 2.86. The van der Waals surface area contributed by atoms with Gasteiger partial charge in [-0.1, -0.05) is 11.3 Å². The van der Waals surface area contributed by atoms with Crippen molar-refractivity contribution < 1.29 is 14.7 Å². The number of hydrogen-bond donors (Lipinski definition) is 1. The number of carboxylic acids is 1. The summed E-state index contributed by atoms with van der Waals surface area (Å²) < 4.78 is 1.55. The van der Waals surface area contributed by atoms with Crippen LogP contribution in [0.5, 0.6) is 0 Å². The Hall–Kier alpha value is -1.63. The summed E-state index contributed by atoms with van der Waals surface area (Å²) in [6.07, 6.45) is 1.40. The third-order valence-corrected chi connectivity index (χ3v) is 4.26. The molecular formula is C12H16N2O4S. The van der Waals surface area contributed by atoms with Gasteiger partial charge in [0.15, 0.2) is 0 Å². The molecule has 104 valence electrons. The number of carbonyl (C=O) groups is 2. The summed E-state index contributed by atoms with van der Waals surface area (Å²) in [7, 11) is 0. The topological polar surface area (TPSA) is 79.6 Å². The van der Waals surface area contributed by atoms with E-state index in [0.717, 1.165) is 23.5 Å². The maximum Gasteiger partial charge on any atom is 0.326 e. The van der Waals surface area contributed by atoms with Crippen LogP contribution in [0.1, 0.15) is 25.0 Å². The van der Waals surface area contributed by atoms with Crippen LogP contribution in [0.15, 0.2) is 10.2 Å². The lowest BCUT2D eigenvalue weighted by atomic mass is 10.2. The Morgan fingerprint density at radius 1 is 1.53 bits per heavy atom. The van der Waals surface area contributed by atoms with Crippen molar-refractivity contribution in [3.63, 3.8) is 0 Å². The van der Waals surface area contributed by atoms with Gasteiger partial charge in [0, 0.05) is 30.6 Å². The molecular weight excluding hydrogens is 268 g/mol. The maximum atomic E-state index is 12.0. The van der Waals surface area contributed by atoms with E-state index in [4.69, 9.17) is 5.11 Å². The summed E-state index contributed by atoms with van der Waals surface area (Å²) in [6.45, 7) is 2.63. The van der Waals surface area contributed by atoms with Crippen LogP contribution in [-0.4, -0.2) is 39.0 Å². The van der Waals surface area contributed by atoms with Gasteiger partial charge in [0.2, 0.25) is 5.91 Å². The number of thiazole rings is 1. The molecule has 0 aliphatic carbocycles. The van der Waals surface area contributed by atoms with Crippen molar-refractivity contribution >= 4 is 23.2 Å². The fourth-order valence-electron chi connectivity index (χ4n) is 2.35. The van der Waals surface area contributed by atoms with Gasteiger partial charge in [-0.2, -0.15) is 0 Å². The molecule has 2 heterocycles. The molecule has 1 atom stereocenters. The van der Waals surface area contributed by atoms with Crippen molar-refractivity contribution in [1.82, 2.24) is 9.47 Å². The molecule has 19 heavy (non-hydrogen) atoms. The lowest BCUT2D eigenvalue weighted by Crippen LogP contribution is -2.40. The lowest BCUT2D eigenvalue weighted by Gasteiger charge is -2.21. The molecule has 1 saturated heterocycles. The highest BCUT2D eigenvalue weighted by molar-refractivity contribution is 7.07. The second-order valence-corrected chi connectivity index (χ2v) is 5.45. The smallest absolute Gasteiger partial charge is 0.326 e. The van der Waals surface area contributed by atoms with E-state index in [9.17, 15) is 14.4 Å². The average molecular weight is 284 g/mol. The lowest BCUT2D eigenvalue weighted by molar-refractivity contribution is -0.148. The summed E-state index contributed by atoms with van der Waals surface area (Å²) in [5.41, 5.74) is 0.832. The number of rotatable bonds is 4. The quantitative estimate of drug-likeness (QED) is 0.882. The fraction of sp³-hybridized carbons (Fsp3) is 0.583. The Bertz CT molecular complexity index is 548. The van der Waals surface area contributed by atoms with E-state index >= 15 is 0 Å². The van der Waals surface area contributed by atoms with E-state index in [1.165, 1.54) is 4.90 Å². The Kier molecular flexibility index (Phi) is 4.04. The molecule has 1 aliphatic heterocycles. The minimum absolute atomic E-state index is 0.0819. The van der Waals surface area contributed by atoms with Gasteiger partial charge < -0.3 is 14.6 Å². The molecule has 0 unspecified atom stereocenters. The zero-order valence-electron chi connectivity index (χ0n) is 10.7. The first-order valence-electron chi connectivity index (χ1n) is 6.18. The van der Waals surface area contributed by atoms with E-state index in [-0.39, 0.29) is 17.2 Å². The molecule has 0 spiro atoms. The summed E-state index contributed by atoms with van der Waals surface area (Å²) in [5.74, 6) is -1.14. The minimum Gasteiger partial charge on any atom is -0.480 e. The first kappa shape index (κ1) is 13.8. The third-order valence-electron chi connectivity index (χ3n) is 3.38. The summed E-state index contributed by atoms with van der Waals surface area (Å²) >= 11 is 1.11. The van der Waals surface area contributed by atoms with E-state index in [1.807, 2.05) is 6.92 Å². The zero-order valence-corrected chi connectivity index (χ0v) is 11.5. The van der Waals surface area contributed by atoms with Crippen LogP contribution in [0.3, 0.4) is 0 Å². The molecule has 1 aromatic rings. The Balaban J connectivity index is 1.98. The molecule has 0 saturated carbocycles. The van der Waals surface area contributed by atoms with Crippen LogP contribution in [0.25, 0.3) is 0 Å². The molecule has 1 N–H and O–H groups in total. The van der Waals surface area contributed by atoms with Crippen molar-refractivity contribution in [3.8, 4) is 0 Å². The van der Waals surface area contributed by atoms with E-state index in [2.05, 4.69) is 0 Å². The van der Waals surface area contributed by atoms with Gasteiger partial charge in [0.1, 0.15) is 6.04 Å². The SMILES string of the molecule is Cc1csc(=O)n1CCC(=O)N1CCC[C@H]1C(=O)O. The maximum absolute atomic E-state index is 12.0. The van der Waals surface area contributed by atoms with E-state index in [1.54, 1.807) is 9.95 Å². The average Bonchev–Trinajstić information content (AvgIpc) is 2.95. The Morgan fingerprint density at radius 2 is 2.26 bits per heavy atom. The standard InChI is InChI=1S/C12H16N2O4S/c1-8-7-19-12(18)13(8)6-4-10(15)14-5-2-3-9(14)11(16)17/h7,9H,2-6H2,1H3,(H,16,17)/t9-/m0/s1. The van der Waals surface area contributed by atoms with E-state index < -0.39 is 12.0 Å². The predicted molar refractivity (Wildman–Crippen MR) is 70.3 cm³/mol. The van der Waals surface area contributed by atoms with Gasteiger partial charge in [0.05, 0.1) is 0 Å². The molecule has 0 aromatic carbocycles. The van der Waals surface area contributed by atoms with Crippen LogP contribution < -0.4 is 4.87 Å². The number of aromatic nitrogens is 1. The van der Waals surface area contributed by atoms with Gasteiger partial charge in [0.25, 0.3) is 0 Å². The summed E-state index contributed by atoms with van der Waals surface area (Å²) in [5, 5.41) is 10.8. The molecule has 2 rings (SSSR count). The van der Waals surface area contributed by atoms with Gasteiger partial charge in [-0.05, 0) is 19.8 Å². The van der Waals surface area contributed by atoms with Crippen LogP contribution >= 0.6 is 11.3 Å². The number of amides is 1. The normalized spacial score (nSPS) is 18.8. The molecule has 1 amide bonds. The Morgan fingerprint density at radius 3 is 2.84 bits per heavy atom. The van der Waals surface area contributed by atoms with Gasteiger partial charge in [-0.25, -0.2) is 4.79 Å². The highest BCUT2D eigenvalue weighted by atomic mass is 32.1. The summed E-state index contributed by atoms with van der Waals surface area (Å²) in [4.78, 5) is 35.9. The predicted octanol–water partition coefficient (Wildman–Crippen LogP) is 0.684. The van der Waals surface area contributed by atoms with E-state index in [0.29, 0.717) is 19.5 Å². The van der Waals surface area contributed by atoms with Crippen molar-refractivity contribution in [2.24, 2.45) is 0 Å². The van der Waals surface area contributed by atoms with Crippen LogP contribution in [0.2, 0.25) is 0 Å². The number of carboxylic acid groups (broad SMARTS) is 1. The number of nitrogens with zero attached hydrogens (tertiary/aromatic N) is 2. The molecule has 1 aromatic heterocycles. The largest absolute Gasteiger partial charge is 0.480 e. The van der Waals surface area contributed by atoms with Crippen LogP contribution in [0.4, 0.5) is 0 Å². The highest BCUT2D eigenvalue weighted by Gasteiger charge is 2.33. The van der Waals surface area contributed by atoms with Crippen molar-refractivity contribution in [2.75, 3.05) is 6.54 Å². The van der Waals surface area contributed by atoms with Gasteiger partial charge >= 0.3 is 10.8 Å². The molecule has 7 heteroatoms. The van der Waals surface area contributed by atoms with Gasteiger partial charge in [-0.15, -0.1) is 0 Å². The highest BCUT2D eigenvalue weighted by Crippen LogP contribution is 2.18. The first-order chi connectivity index (χ1) is 9.00. The molecule has 1 fully saturated rings. The van der Waals surface area contributed by atoms with Crippen LogP contribution in [0, 0.1) is 6.92 Å². The second-order valence-electron chi connectivity index (χ2n) is 4.63. The van der Waals surface area contributed by atoms with Gasteiger partial charge in [-0.3, -0.25) is 9.59 Å². The minimum atomic E-state index is -0.949. The molecule has 0 bridgehead atoms. The summed E-state index contributed by atoms with van der Waals surface area (Å²) in [6, 6.07) is -0.701. The monoisotopic (exact) mass is 284 g/mol. The van der Waals surface area contributed by atoms with Crippen molar-refractivity contribution in [3.05, 3.63) is 20.7 Å². The number of likely N-dealkylation sites (tertiary alicyclic amines) is 1. The van der Waals surface area contributed by atoms with Crippen molar-refractivity contribution in [2.45, 2.75) is 38.8 Å². The first-order valence-corrected chi connectivity index (χ1v) is 7.06. The zero-order chi connectivity index (χ0) is 14.0. The Labute approximate surface area is 114 Å². The number of aliphatic carboxylic acids is 1. The van der Waals surface area contributed by atoms with Crippen molar-refractivity contribution in [1.29, 1.82) is 0 Å². The van der Waals surface area contributed by atoms with Crippen LogP contribution in [-0.2, 0) is 16.1 Å². The molecule has 6 nitrogen and oxygen atoms in total. The second kappa shape index (κ2) is 5.56.